The molecule has 0 spiro atoms. The third kappa shape index (κ3) is 2.93. The molecule has 0 amide bonds. The molecule has 1 saturated carbocycles. The average molecular weight is 372 g/mol. The van der Waals surface area contributed by atoms with E-state index in [0.717, 1.165) is 16.0 Å². The van der Waals surface area contributed by atoms with Crippen molar-refractivity contribution in [3.8, 4) is 18.1 Å². The van der Waals surface area contributed by atoms with E-state index in [1.165, 1.54) is 17.9 Å². The number of nitrogens with zero attached hydrogens (tertiary/aromatic N) is 2. The topological polar surface area (TPSA) is 24.8 Å². The van der Waals surface area contributed by atoms with E-state index in [1.54, 1.807) is 11.8 Å². The number of rotatable bonds is 4. The van der Waals surface area contributed by atoms with Crippen LogP contribution in [-0.2, 0) is 0 Å². The Morgan fingerprint density at radius 3 is 3.05 bits per heavy atom. The SMILES string of the molecule is C#CCOc1cc(N2CSC(C3CC3)=N2)c(Cl)cc1Br. The number of ether oxygens (including phenoxy) is 1. The molecule has 104 valence electrons. The molecule has 0 N–H and O–H groups in total. The Balaban J connectivity index is 1.87. The monoisotopic (exact) mass is 370 g/mol. The van der Waals surface area contributed by atoms with Crippen LogP contribution in [0.3, 0.4) is 0 Å². The van der Waals surface area contributed by atoms with Gasteiger partial charge >= 0.3 is 0 Å². The molecule has 6 heteroatoms. The first-order chi connectivity index (χ1) is 9.69. The minimum absolute atomic E-state index is 0.227. The highest BCUT2D eigenvalue weighted by Crippen LogP contribution is 2.42. The first-order valence-corrected chi connectivity index (χ1v) is 8.39. The van der Waals surface area contributed by atoms with Crippen molar-refractivity contribution in [1.82, 2.24) is 0 Å². The summed E-state index contributed by atoms with van der Waals surface area (Å²) in [6.45, 7) is 0.227. The van der Waals surface area contributed by atoms with Crippen LogP contribution in [0.25, 0.3) is 0 Å². The van der Waals surface area contributed by atoms with Gasteiger partial charge in [-0.05, 0) is 34.8 Å². The summed E-state index contributed by atoms with van der Waals surface area (Å²) in [4.78, 5) is 0. The third-order valence-electron chi connectivity index (χ3n) is 3.07. The maximum Gasteiger partial charge on any atom is 0.148 e. The molecule has 3 nitrogen and oxygen atoms in total. The summed E-state index contributed by atoms with van der Waals surface area (Å²) in [5.74, 6) is 4.60. The highest BCUT2D eigenvalue weighted by atomic mass is 79.9. The summed E-state index contributed by atoms with van der Waals surface area (Å²) in [6.07, 6.45) is 7.73. The lowest BCUT2D eigenvalue weighted by Crippen LogP contribution is -2.11. The zero-order valence-electron chi connectivity index (χ0n) is 10.6. The lowest BCUT2D eigenvalue weighted by Gasteiger charge is -2.16. The molecular formula is C14H12BrClN2OS. The lowest BCUT2D eigenvalue weighted by molar-refractivity contribution is 0.368. The minimum atomic E-state index is 0.227. The van der Waals surface area contributed by atoms with Crippen LogP contribution in [0.5, 0.6) is 5.75 Å². The Morgan fingerprint density at radius 1 is 1.55 bits per heavy atom. The molecule has 3 rings (SSSR count). The van der Waals surface area contributed by atoms with Crippen LogP contribution in [0.2, 0.25) is 5.02 Å². The molecular weight excluding hydrogens is 360 g/mol. The Labute approximate surface area is 135 Å². The summed E-state index contributed by atoms with van der Waals surface area (Å²) in [5, 5.41) is 8.44. The van der Waals surface area contributed by atoms with Gasteiger partial charge in [0.05, 0.1) is 26.1 Å². The maximum absolute atomic E-state index is 6.31. The summed E-state index contributed by atoms with van der Waals surface area (Å²) in [5.41, 5.74) is 0.852. The van der Waals surface area contributed by atoms with Crippen LogP contribution in [-0.4, -0.2) is 17.5 Å². The molecule has 20 heavy (non-hydrogen) atoms. The molecule has 1 fully saturated rings. The fourth-order valence-electron chi connectivity index (χ4n) is 1.90. The second kappa shape index (κ2) is 5.88. The van der Waals surface area contributed by atoms with Gasteiger partial charge in [0.25, 0.3) is 0 Å². The van der Waals surface area contributed by atoms with Crippen LogP contribution in [0.4, 0.5) is 5.69 Å². The predicted molar refractivity (Wildman–Crippen MR) is 88.6 cm³/mol. The average Bonchev–Trinajstić information content (AvgIpc) is 3.17. The molecule has 1 heterocycles. The Hall–Kier alpha value is -0.830. The van der Waals surface area contributed by atoms with Crippen molar-refractivity contribution in [2.24, 2.45) is 11.0 Å². The molecule has 1 aliphatic carbocycles. The number of hydrazone groups is 1. The Kier molecular flexibility index (Phi) is 4.16. The fraction of sp³-hybridized carbons (Fsp3) is 0.357. The first kappa shape index (κ1) is 14.1. The molecule has 0 aromatic heterocycles. The number of benzene rings is 1. The van der Waals surface area contributed by atoms with Gasteiger partial charge in [0.15, 0.2) is 0 Å². The first-order valence-electron chi connectivity index (χ1n) is 6.23. The van der Waals surface area contributed by atoms with Gasteiger partial charge in [-0.25, -0.2) is 0 Å². The van der Waals surface area contributed by atoms with E-state index < -0.39 is 0 Å². The van der Waals surface area contributed by atoms with Crippen molar-refractivity contribution >= 4 is 50.0 Å². The van der Waals surface area contributed by atoms with Crippen molar-refractivity contribution in [3.63, 3.8) is 0 Å². The van der Waals surface area contributed by atoms with E-state index in [-0.39, 0.29) is 6.61 Å². The van der Waals surface area contributed by atoms with E-state index in [2.05, 4.69) is 27.0 Å². The summed E-state index contributed by atoms with van der Waals surface area (Å²) in [7, 11) is 0. The van der Waals surface area contributed by atoms with Crippen molar-refractivity contribution in [1.29, 1.82) is 0 Å². The predicted octanol–water partition coefficient (Wildman–Crippen LogP) is 4.35. The number of thioether (sulfide) groups is 1. The summed E-state index contributed by atoms with van der Waals surface area (Å²) >= 11 is 11.5. The second-order valence-corrected chi connectivity index (χ2v) is 6.84. The van der Waals surface area contributed by atoms with Crippen molar-refractivity contribution < 1.29 is 4.74 Å². The van der Waals surface area contributed by atoms with Gasteiger partial charge < -0.3 is 4.74 Å². The quantitative estimate of drug-likeness (QED) is 0.736. The smallest absolute Gasteiger partial charge is 0.148 e. The Bertz CT molecular complexity index is 610. The summed E-state index contributed by atoms with van der Waals surface area (Å²) < 4.78 is 6.30. The van der Waals surface area contributed by atoms with Crippen LogP contribution >= 0.6 is 39.3 Å². The van der Waals surface area contributed by atoms with E-state index in [1.807, 2.05) is 17.1 Å². The largest absolute Gasteiger partial charge is 0.480 e. The van der Waals surface area contributed by atoms with Gasteiger partial charge in [0.2, 0.25) is 0 Å². The van der Waals surface area contributed by atoms with Gasteiger partial charge in [0.1, 0.15) is 12.4 Å². The van der Waals surface area contributed by atoms with E-state index in [4.69, 9.17) is 22.8 Å². The fourth-order valence-corrected chi connectivity index (χ4v) is 3.83. The second-order valence-electron chi connectivity index (χ2n) is 4.61. The van der Waals surface area contributed by atoms with Crippen LogP contribution in [0.15, 0.2) is 21.7 Å². The molecule has 0 saturated heterocycles. The van der Waals surface area contributed by atoms with Crippen LogP contribution < -0.4 is 9.75 Å². The van der Waals surface area contributed by atoms with Gasteiger partial charge in [-0.2, -0.15) is 5.10 Å². The van der Waals surface area contributed by atoms with E-state index >= 15 is 0 Å². The molecule has 1 aromatic carbocycles. The highest BCUT2D eigenvalue weighted by Gasteiger charge is 2.32. The maximum atomic E-state index is 6.31. The molecule has 0 bridgehead atoms. The molecule has 1 aliphatic heterocycles. The lowest BCUT2D eigenvalue weighted by atomic mass is 10.3. The molecule has 0 atom stereocenters. The Morgan fingerprint density at radius 2 is 2.35 bits per heavy atom. The summed E-state index contributed by atoms with van der Waals surface area (Å²) in [6, 6.07) is 3.70. The highest BCUT2D eigenvalue weighted by molar-refractivity contribution is 9.10. The number of halogens is 2. The number of hydrogen-bond acceptors (Lipinski definition) is 4. The van der Waals surface area contributed by atoms with Crippen LogP contribution in [0.1, 0.15) is 12.8 Å². The van der Waals surface area contributed by atoms with Gasteiger partial charge in [-0.15, -0.1) is 6.42 Å². The normalized spacial score (nSPS) is 17.9. The van der Waals surface area contributed by atoms with Crippen molar-refractivity contribution in [2.45, 2.75) is 12.8 Å². The molecule has 1 aromatic rings. The molecule has 2 aliphatic rings. The number of hydrogen-bond donors (Lipinski definition) is 0. The minimum Gasteiger partial charge on any atom is -0.480 e. The number of terminal acetylenes is 1. The number of anilines is 1. The van der Waals surface area contributed by atoms with Gasteiger partial charge in [-0.3, -0.25) is 5.01 Å². The standard InChI is InChI=1S/C14H12BrClN2OS/c1-2-5-19-13-7-12(11(16)6-10(13)15)18-8-20-14(17-18)9-3-4-9/h1,6-7,9H,3-5,8H2. The van der Waals surface area contributed by atoms with E-state index in [9.17, 15) is 0 Å². The van der Waals surface area contributed by atoms with Crippen molar-refractivity contribution in [2.75, 3.05) is 17.5 Å². The van der Waals surface area contributed by atoms with E-state index in [0.29, 0.717) is 16.7 Å². The zero-order chi connectivity index (χ0) is 14.1. The van der Waals surface area contributed by atoms with Gasteiger partial charge in [0, 0.05) is 12.0 Å². The van der Waals surface area contributed by atoms with Crippen molar-refractivity contribution in [3.05, 3.63) is 21.6 Å². The van der Waals surface area contributed by atoms with Crippen LogP contribution in [0, 0.1) is 18.3 Å². The zero-order valence-corrected chi connectivity index (χ0v) is 13.8. The molecule has 0 radical (unpaired) electrons. The third-order valence-corrected chi connectivity index (χ3v) is 5.08. The van der Waals surface area contributed by atoms with Gasteiger partial charge in [-0.1, -0.05) is 29.3 Å². The molecule has 0 unspecified atom stereocenters.